The molecule has 0 rings (SSSR count). The zero-order chi connectivity index (χ0) is 5.91. The van der Waals surface area contributed by atoms with Crippen molar-refractivity contribution in [2.75, 3.05) is 0 Å². The van der Waals surface area contributed by atoms with Crippen LogP contribution in [0.1, 0.15) is 20.8 Å². The van der Waals surface area contributed by atoms with Gasteiger partial charge in [-0.15, -0.1) is 0 Å². The van der Waals surface area contributed by atoms with E-state index in [-0.39, 0.29) is 0 Å². The van der Waals surface area contributed by atoms with Crippen LogP contribution in [0.2, 0.25) is 2.92 Å². The van der Waals surface area contributed by atoms with Crippen LogP contribution in [0.15, 0.2) is 10.2 Å². The van der Waals surface area contributed by atoms with Crippen molar-refractivity contribution in [2.24, 2.45) is 0 Å². The number of rotatable bonds is 1. The van der Waals surface area contributed by atoms with Gasteiger partial charge in [-0.2, -0.15) is 0 Å². The van der Waals surface area contributed by atoms with Gasteiger partial charge >= 0.3 is 58.4 Å². The second-order valence-electron chi connectivity index (χ2n) is 3.05. The molecule has 0 aromatic carbocycles. The Bertz CT molecular complexity index is 59.1. The third kappa shape index (κ3) is 6.68. The molecule has 0 fully saturated rings. The summed E-state index contributed by atoms with van der Waals surface area (Å²) >= 11 is -0.624. The molecule has 0 aliphatic carbocycles. The zero-order valence-electron chi connectivity index (χ0n) is 5.49. The number of hydrogen-bond donors (Lipinski definition) is 0. The van der Waals surface area contributed by atoms with Crippen LogP contribution < -0.4 is 0 Å². The first-order chi connectivity index (χ1) is 3.06. The van der Waals surface area contributed by atoms with Crippen molar-refractivity contribution in [1.29, 1.82) is 0 Å². The molecular weight excluding hydrogens is 273 g/mol. The van der Waals surface area contributed by atoms with E-state index in [1.54, 1.807) is 0 Å². The van der Waals surface area contributed by atoms with E-state index in [4.69, 9.17) is 0 Å². The molecule has 0 N–H and O–H groups in total. The van der Waals surface area contributed by atoms with Crippen LogP contribution in [-0.2, 0) is 24.6 Å². The summed E-state index contributed by atoms with van der Waals surface area (Å²) in [7, 11) is 0. The minimum atomic E-state index is -0.624. The summed E-state index contributed by atoms with van der Waals surface area (Å²) in [5, 5.41) is 0. The van der Waals surface area contributed by atoms with Crippen molar-refractivity contribution in [2.45, 2.75) is 23.7 Å². The maximum absolute atomic E-state index is 3.74. The zero-order valence-corrected chi connectivity index (χ0v) is 11.0. The normalized spacial score (nSPS) is 10.1. The Morgan fingerprint density at radius 3 is 1.86 bits per heavy atom. The fourth-order valence-electron chi connectivity index (χ4n) is 0.433. The molecule has 0 nitrogen and oxygen atoms in total. The topological polar surface area (TPSA) is 0 Å². The molecule has 0 bridgehead atoms. The van der Waals surface area contributed by atoms with Crippen LogP contribution >= 0.6 is 0 Å². The average molecular weight is 285 g/mol. The summed E-state index contributed by atoms with van der Waals surface area (Å²) in [6.45, 7) is 10.7. The first-order valence-corrected chi connectivity index (χ1v) is 8.59. The van der Waals surface area contributed by atoms with Gasteiger partial charge < -0.3 is 0 Å². The molecule has 0 saturated carbocycles. The molecule has 0 aromatic rings. The van der Waals surface area contributed by atoms with E-state index in [1.807, 2.05) is 0 Å². The SMILES string of the molecule is C=[CH][Hg][C](C)(C)C. The summed E-state index contributed by atoms with van der Waals surface area (Å²) < 4.78 is 2.84. The molecule has 0 heterocycles. The van der Waals surface area contributed by atoms with E-state index >= 15 is 0 Å². The van der Waals surface area contributed by atoms with Gasteiger partial charge in [0.1, 0.15) is 0 Å². The van der Waals surface area contributed by atoms with Gasteiger partial charge in [0.05, 0.1) is 0 Å². The molecule has 0 aromatic heterocycles. The van der Waals surface area contributed by atoms with Crippen molar-refractivity contribution < 1.29 is 24.6 Å². The van der Waals surface area contributed by atoms with Gasteiger partial charge in [0.25, 0.3) is 0 Å². The maximum atomic E-state index is 3.74. The second kappa shape index (κ2) is 2.86. The van der Waals surface area contributed by atoms with Crippen LogP contribution in [0.25, 0.3) is 0 Å². The molecule has 0 saturated heterocycles. The predicted molar refractivity (Wildman–Crippen MR) is 29.9 cm³/mol. The molecule has 1 heteroatoms. The molecule has 0 aliphatic heterocycles. The standard InChI is InChI=1S/C4H9.C2H3.Hg/c1-4(2)3;1-2;/h1-3H3;1H,2H2;. The summed E-state index contributed by atoms with van der Waals surface area (Å²) in [4.78, 5) is 0. The quantitative estimate of drug-likeness (QED) is 0.649. The summed E-state index contributed by atoms with van der Waals surface area (Å²) in [5.74, 6) is 0. The van der Waals surface area contributed by atoms with Gasteiger partial charge in [-0.1, -0.05) is 0 Å². The van der Waals surface area contributed by atoms with Gasteiger partial charge in [-0.3, -0.25) is 0 Å². The van der Waals surface area contributed by atoms with Crippen LogP contribution in [0.4, 0.5) is 0 Å². The Balaban J connectivity index is 3.34. The van der Waals surface area contributed by atoms with Crippen molar-refractivity contribution in [3.05, 3.63) is 10.2 Å². The van der Waals surface area contributed by atoms with E-state index < -0.39 is 24.6 Å². The van der Waals surface area contributed by atoms with E-state index in [9.17, 15) is 0 Å². The first-order valence-electron chi connectivity index (χ1n) is 2.67. The van der Waals surface area contributed by atoms with Crippen molar-refractivity contribution in [3.8, 4) is 0 Å². The van der Waals surface area contributed by atoms with Crippen molar-refractivity contribution in [1.82, 2.24) is 0 Å². The molecule has 0 amide bonds. The Hall–Kier alpha value is 0.675. The van der Waals surface area contributed by atoms with Gasteiger partial charge in [0.15, 0.2) is 0 Å². The molecule has 0 unspecified atom stereocenters. The molecule has 0 spiro atoms. The fourth-order valence-corrected chi connectivity index (χ4v) is 3.80. The predicted octanol–water partition coefficient (Wildman–Crippen LogP) is 2.43. The summed E-state index contributed by atoms with van der Waals surface area (Å²) in [6, 6.07) is 0. The fraction of sp³-hybridized carbons (Fsp3) is 0.667. The van der Waals surface area contributed by atoms with Gasteiger partial charge in [0, 0.05) is 0 Å². The van der Waals surface area contributed by atoms with E-state index in [0.29, 0.717) is 2.92 Å². The van der Waals surface area contributed by atoms with E-state index in [0.717, 1.165) is 0 Å². The minimum absolute atomic E-state index is 0.624. The average Bonchev–Trinajstić information content (AvgIpc) is 1.30. The van der Waals surface area contributed by atoms with E-state index in [2.05, 4.69) is 30.9 Å². The molecule has 0 aliphatic rings. The number of hydrogen-bond acceptors (Lipinski definition) is 0. The third-order valence-corrected chi connectivity index (χ3v) is 6.64. The van der Waals surface area contributed by atoms with Crippen LogP contribution in [0.3, 0.4) is 0 Å². The first kappa shape index (κ1) is 7.68. The van der Waals surface area contributed by atoms with Crippen LogP contribution in [0.5, 0.6) is 0 Å². The third-order valence-electron chi connectivity index (χ3n) is 0.757. The molecule has 0 atom stereocenters. The monoisotopic (exact) mass is 286 g/mol. The molecule has 0 radical (unpaired) electrons. The van der Waals surface area contributed by atoms with E-state index in [1.165, 1.54) is 0 Å². The molecule has 38 valence electrons. The van der Waals surface area contributed by atoms with Gasteiger partial charge in [-0.05, 0) is 0 Å². The Kier molecular flexibility index (Phi) is 3.13. The Morgan fingerprint density at radius 1 is 1.43 bits per heavy atom. The second-order valence-corrected chi connectivity index (χ2v) is 15.1. The summed E-state index contributed by atoms with van der Waals surface area (Å²) in [5.41, 5.74) is 0. The van der Waals surface area contributed by atoms with Crippen LogP contribution in [0, 0.1) is 0 Å². The Morgan fingerprint density at radius 2 is 1.86 bits per heavy atom. The summed E-state index contributed by atoms with van der Waals surface area (Å²) in [6.07, 6.45) is 0. The van der Waals surface area contributed by atoms with Crippen molar-refractivity contribution >= 4 is 0 Å². The van der Waals surface area contributed by atoms with Gasteiger partial charge in [-0.25, -0.2) is 0 Å². The van der Waals surface area contributed by atoms with Crippen molar-refractivity contribution in [3.63, 3.8) is 0 Å². The van der Waals surface area contributed by atoms with Gasteiger partial charge in [0.2, 0.25) is 0 Å². The molecule has 7 heavy (non-hydrogen) atoms. The molecular formula is C6H12Hg. The van der Waals surface area contributed by atoms with Crippen LogP contribution in [-0.4, -0.2) is 0 Å². The Labute approximate surface area is 58.4 Å².